The third kappa shape index (κ3) is 10.4. The van der Waals surface area contributed by atoms with Crippen molar-refractivity contribution in [3.8, 4) is 6.07 Å². The van der Waals surface area contributed by atoms with Gasteiger partial charge in [0.25, 0.3) is 0 Å². The van der Waals surface area contributed by atoms with Crippen molar-refractivity contribution in [2.45, 2.75) is 145 Å². The number of ether oxygens (including phenoxy) is 5. The summed E-state index contributed by atoms with van der Waals surface area (Å²) in [7, 11) is 0. The highest BCUT2D eigenvalue weighted by Gasteiger charge is 2.72. The van der Waals surface area contributed by atoms with Gasteiger partial charge in [-0.1, -0.05) is 27.2 Å². The summed E-state index contributed by atoms with van der Waals surface area (Å²) < 4.78 is 26.0. The van der Waals surface area contributed by atoms with Crippen molar-refractivity contribution >= 4 is 29.8 Å². The van der Waals surface area contributed by atoms with E-state index < -0.39 is 53.0 Å². The number of carbonyl (C=O) groups is 5. The minimum absolute atomic E-state index is 0.0214. The van der Waals surface area contributed by atoms with Crippen molar-refractivity contribution in [1.29, 1.82) is 5.26 Å². The van der Waals surface area contributed by atoms with Crippen LogP contribution in [0.2, 0.25) is 0 Å². The minimum atomic E-state index is -1.06. The molecular formula is C37H59NO11. The van der Waals surface area contributed by atoms with E-state index in [4.69, 9.17) is 28.8 Å². The van der Waals surface area contributed by atoms with E-state index in [0.29, 0.717) is 19.3 Å². The zero-order chi connectivity index (χ0) is 37.2. The van der Waals surface area contributed by atoms with Gasteiger partial charge in [0.1, 0.15) is 24.9 Å². The van der Waals surface area contributed by atoms with Crippen LogP contribution in [0.25, 0.3) is 0 Å². The lowest BCUT2D eigenvalue weighted by Crippen LogP contribution is -2.40. The number of nitriles is 1. The van der Waals surface area contributed by atoms with Crippen LogP contribution in [0.15, 0.2) is 0 Å². The van der Waals surface area contributed by atoms with Gasteiger partial charge in [-0.25, -0.2) is 4.79 Å². The molecule has 3 aliphatic carbocycles. The lowest BCUT2D eigenvalue weighted by molar-refractivity contribution is -0.172. The SMILES string of the molecule is CCC(C)(C)C(=O)OC1CCCCC1.CCC(C)(C)C(=O)OCC(=O)OC1C2CC3C1OC(=O)C3(C#N)C2.CCC(C)(C)C(=O)OCCO. The standard InChI is InChI=1S/C17H21NO6.C12H22O2.C8H16O3/c1-4-16(2,3)14(20)22-7-11(19)23-12-9-5-10-13(12)24-15(21)17(10,6-9)8-18;1-4-12(2,3)11(13)14-10-8-6-5-7-9-10;1-4-8(2,3)7(10)11-6-5-9/h9-10,12-13H,4-7H2,1-3H3;10H,4-9H2,1-3H3;9H,4-6H2,1-3H3. The normalized spacial score (nSPS) is 25.8. The van der Waals surface area contributed by atoms with Crippen molar-refractivity contribution in [2.24, 2.45) is 33.5 Å². The first-order valence-corrected chi connectivity index (χ1v) is 17.8. The fourth-order valence-corrected chi connectivity index (χ4v) is 6.05. The lowest BCUT2D eigenvalue weighted by Gasteiger charge is -2.28. The first-order chi connectivity index (χ1) is 22.8. The van der Waals surface area contributed by atoms with E-state index in [1.54, 1.807) is 13.8 Å². The second kappa shape index (κ2) is 17.6. The van der Waals surface area contributed by atoms with E-state index in [9.17, 15) is 29.2 Å². The molecule has 0 aromatic rings. The van der Waals surface area contributed by atoms with Crippen LogP contribution >= 0.6 is 0 Å². The van der Waals surface area contributed by atoms with Crippen LogP contribution in [-0.4, -0.2) is 73.1 Å². The molecule has 2 bridgehead atoms. The van der Waals surface area contributed by atoms with Crippen LogP contribution in [0.3, 0.4) is 0 Å². The second-order valence-electron chi connectivity index (χ2n) is 15.5. The van der Waals surface area contributed by atoms with Crippen molar-refractivity contribution in [3.05, 3.63) is 0 Å². The van der Waals surface area contributed by atoms with Gasteiger partial charge in [-0.05, 0) is 99.3 Å². The largest absolute Gasteiger partial charge is 0.463 e. The Labute approximate surface area is 291 Å². The van der Waals surface area contributed by atoms with Crippen molar-refractivity contribution in [3.63, 3.8) is 0 Å². The molecule has 3 saturated carbocycles. The molecule has 4 rings (SSSR count). The van der Waals surface area contributed by atoms with E-state index in [2.05, 4.69) is 6.07 Å². The predicted molar refractivity (Wildman–Crippen MR) is 178 cm³/mol. The highest BCUT2D eigenvalue weighted by atomic mass is 16.6. The summed E-state index contributed by atoms with van der Waals surface area (Å²) in [4.78, 5) is 58.7. The summed E-state index contributed by atoms with van der Waals surface area (Å²) in [5.41, 5.74) is -2.44. The van der Waals surface area contributed by atoms with Gasteiger partial charge in [0.2, 0.25) is 0 Å². The Hall–Kier alpha value is -3.20. The number of hydrogen-bond acceptors (Lipinski definition) is 12. The van der Waals surface area contributed by atoms with Gasteiger partial charge in [0.15, 0.2) is 12.0 Å². The number of aliphatic hydroxyl groups excluding tert-OH is 1. The molecule has 0 aromatic heterocycles. The number of nitrogens with zero attached hydrogens (tertiary/aromatic N) is 1. The van der Waals surface area contributed by atoms with Gasteiger partial charge >= 0.3 is 29.8 Å². The molecule has 5 atom stereocenters. The van der Waals surface area contributed by atoms with E-state index >= 15 is 0 Å². The summed E-state index contributed by atoms with van der Waals surface area (Å²) in [6, 6.07) is 2.10. The number of rotatable bonds is 12. The predicted octanol–water partition coefficient (Wildman–Crippen LogP) is 5.61. The van der Waals surface area contributed by atoms with Crippen molar-refractivity contribution < 1.29 is 52.8 Å². The fourth-order valence-electron chi connectivity index (χ4n) is 6.05. The Kier molecular flexibility index (Phi) is 15.1. The number of aliphatic hydroxyl groups is 1. The Morgan fingerprint density at radius 2 is 1.39 bits per heavy atom. The summed E-state index contributed by atoms with van der Waals surface area (Å²) in [6.45, 7) is 16.4. The molecule has 0 spiro atoms. The molecule has 1 N–H and O–H groups in total. The van der Waals surface area contributed by atoms with E-state index in [0.717, 1.165) is 25.7 Å². The number of hydrogen-bond donors (Lipinski definition) is 1. The van der Waals surface area contributed by atoms with Crippen LogP contribution in [0.4, 0.5) is 0 Å². The fraction of sp³-hybridized carbons (Fsp3) is 0.838. The summed E-state index contributed by atoms with van der Waals surface area (Å²) in [5, 5.41) is 17.7. The maximum Gasteiger partial charge on any atom is 0.344 e. The Morgan fingerprint density at radius 1 is 0.857 bits per heavy atom. The number of carbonyl (C=O) groups excluding carboxylic acids is 5. The molecule has 0 amide bonds. The molecule has 12 heteroatoms. The molecule has 4 fully saturated rings. The Morgan fingerprint density at radius 3 is 1.90 bits per heavy atom. The maximum atomic E-state index is 12.0. The Bertz CT molecular complexity index is 1210. The third-order valence-corrected chi connectivity index (χ3v) is 10.8. The minimum Gasteiger partial charge on any atom is -0.463 e. The molecule has 1 saturated heterocycles. The molecule has 12 nitrogen and oxygen atoms in total. The molecule has 278 valence electrons. The van der Waals surface area contributed by atoms with Gasteiger partial charge in [-0.2, -0.15) is 5.26 Å². The van der Waals surface area contributed by atoms with E-state index in [-0.39, 0.29) is 48.5 Å². The van der Waals surface area contributed by atoms with Crippen molar-refractivity contribution in [2.75, 3.05) is 19.8 Å². The summed E-state index contributed by atoms with van der Waals surface area (Å²) in [5.74, 6) is -2.14. The molecule has 0 aromatic carbocycles. The van der Waals surface area contributed by atoms with Gasteiger partial charge < -0.3 is 28.8 Å². The van der Waals surface area contributed by atoms with Crippen LogP contribution in [0.1, 0.15) is 127 Å². The molecule has 1 aliphatic heterocycles. The van der Waals surface area contributed by atoms with Gasteiger partial charge in [-0.3, -0.25) is 19.2 Å². The maximum absolute atomic E-state index is 12.0. The highest BCUT2D eigenvalue weighted by Crippen LogP contribution is 2.62. The first kappa shape index (κ1) is 42.0. The molecule has 49 heavy (non-hydrogen) atoms. The monoisotopic (exact) mass is 693 g/mol. The van der Waals surface area contributed by atoms with E-state index in [1.807, 2.05) is 48.5 Å². The number of fused-ring (bicyclic) bond motifs is 1. The first-order valence-electron chi connectivity index (χ1n) is 17.8. The zero-order valence-electron chi connectivity index (χ0n) is 31.1. The van der Waals surface area contributed by atoms with Crippen LogP contribution < -0.4 is 0 Å². The molecule has 0 radical (unpaired) electrons. The summed E-state index contributed by atoms with van der Waals surface area (Å²) in [6.07, 6.45) is 8.14. The van der Waals surface area contributed by atoms with Crippen LogP contribution in [0, 0.1) is 44.8 Å². The number of esters is 5. The van der Waals surface area contributed by atoms with E-state index in [1.165, 1.54) is 19.3 Å². The molecular weight excluding hydrogens is 634 g/mol. The third-order valence-electron chi connectivity index (χ3n) is 10.8. The zero-order valence-corrected chi connectivity index (χ0v) is 31.1. The molecule has 1 heterocycles. The topological polar surface area (TPSA) is 176 Å². The highest BCUT2D eigenvalue weighted by molar-refractivity contribution is 5.85. The van der Waals surface area contributed by atoms with Gasteiger partial charge in [0, 0.05) is 11.8 Å². The van der Waals surface area contributed by atoms with Crippen LogP contribution in [0.5, 0.6) is 0 Å². The van der Waals surface area contributed by atoms with Gasteiger partial charge in [-0.15, -0.1) is 0 Å². The average Bonchev–Trinajstić information content (AvgIpc) is 3.69. The quantitative estimate of drug-likeness (QED) is 0.198. The van der Waals surface area contributed by atoms with Crippen LogP contribution in [-0.2, 0) is 47.7 Å². The summed E-state index contributed by atoms with van der Waals surface area (Å²) >= 11 is 0. The second-order valence-corrected chi connectivity index (χ2v) is 15.5. The molecule has 5 unspecified atom stereocenters. The van der Waals surface area contributed by atoms with Gasteiger partial charge in [0.05, 0.1) is 28.9 Å². The smallest absolute Gasteiger partial charge is 0.344 e. The molecule has 4 aliphatic rings. The van der Waals surface area contributed by atoms with Crippen molar-refractivity contribution in [1.82, 2.24) is 0 Å². The average molecular weight is 694 g/mol. The lowest BCUT2D eigenvalue weighted by atomic mass is 9.75. The Balaban J connectivity index is 0.000000284.